The SMILES string of the molecule is C.C.C.C.C.C.[3H]C#C. The molecule has 0 aromatic rings. The van der Waals surface area contributed by atoms with E-state index in [0.717, 1.165) is 0 Å². The van der Waals surface area contributed by atoms with Gasteiger partial charge < -0.3 is 0 Å². The van der Waals surface area contributed by atoms with Crippen LogP contribution in [0.2, 0.25) is 0 Å². The molecule has 0 bridgehead atoms. The van der Waals surface area contributed by atoms with E-state index in [1.54, 1.807) is 0 Å². The van der Waals surface area contributed by atoms with Gasteiger partial charge in [0.05, 0.1) is 0 Å². The highest BCUT2D eigenvalue weighted by Gasteiger charge is 0.454. The predicted molar refractivity (Wildman–Crippen MR) is 50.3 cm³/mol. The average Bonchev–Trinajstić information content (AvgIpc) is 0.918. The van der Waals surface area contributed by atoms with Gasteiger partial charge >= 0.3 is 0 Å². The van der Waals surface area contributed by atoms with Gasteiger partial charge in [0, 0.05) is 0 Å². The molecule has 58 valence electrons. The Bertz CT molecular complexity index is 26.0. The molecule has 0 saturated carbocycles. The Kier molecular flexibility index (Phi) is 17500. The normalized spacial score (nSPS) is 1.12. The lowest BCUT2D eigenvalue weighted by atomic mass is 11.4. The van der Waals surface area contributed by atoms with Crippen molar-refractivity contribution in [3.63, 3.8) is 0 Å². The second kappa shape index (κ2) is 1050. The first-order valence-corrected chi connectivity index (χ1v) is 0.289. The van der Waals surface area contributed by atoms with Crippen molar-refractivity contribution in [3.05, 3.63) is 0 Å². The zero-order chi connectivity index (χ0) is 2.71. The van der Waals surface area contributed by atoms with Crippen LogP contribution in [0, 0.1) is 12.8 Å². The summed E-state index contributed by atoms with van der Waals surface area (Å²) in [5, 5.41) is 0. The molecule has 0 aliphatic heterocycles. The molecule has 0 saturated heterocycles. The smallest absolute Gasteiger partial charge is 0.124 e. The summed E-state index contributed by atoms with van der Waals surface area (Å²) in [6.45, 7) is 0. The summed E-state index contributed by atoms with van der Waals surface area (Å²) in [4.78, 5) is 0. The first kappa shape index (κ1) is 134. The molecule has 0 aliphatic rings. The highest BCUT2D eigenvalue weighted by atomic mass is 12.6. The van der Waals surface area contributed by atoms with Crippen molar-refractivity contribution in [2.24, 2.45) is 0 Å². The Labute approximate surface area is 59.7 Å². The molecule has 8 heavy (non-hydrogen) atoms. The fourth-order valence-corrected chi connectivity index (χ4v) is 0. The van der Waals surface area contributed by atoms with Gasteiger partial charge in [-0.15, -0.1) is 12.8 Å². The van der Waals surface area contributed by atoms with Crippen LogP contribution in [-0.4, -0.2) is 0 Å². The minimum atomic E-state index is 0. The van der Waals surface area contributed by atoms with Gasteiger partial charge in [0.25, 0.3) is 0 Å². The summed E-state index contributed by atoms with van der Waals surface area (Å²) >= 11 is 0. The second-order valence-electron chi connectivity index (χ2n) is 0. The molecule has 0 atom stereocenters. The van der Waals surface area contributed by atoms with Gasteiger partial charge in [-0.05, 0) is 0 Å². The van der Waals surface area contributed by atoms with Crippen molar-refractivity contribution >= 4 is 0 Å². The van der Waals surface area contributed by atoms with E-state index in [-0.39, 0.29) is 44.6 Å². The van der Waals surface area contributed by atoms with E-state index in [0.29, 0.717) is 0 Å². The van der Waals surface area contributed by atoms with Crippen LogP contribution in [0.3, 0.4) is 0 Å². The van der Waals surface area contributed by atoms with Gasteiger partial charge in [-0.25, -0.2) is 0 Å². The maximum absolute atomic E-state index is 5.74. The van der Waals surface area contributed by atoms with Crippen molar-refractivity contribution in [2.75, 3.05) is 0 Å². The van der Waals surface area contributed by atoms with Gasteiger partial charge in [0.2, 0.25) is 0 Å². The summed E-state index contributed by atoms with van der Waals surface area (Å²) < 4.78 is 5.74. The van der Waals surface area contributed by atoms with Crippen LogP contribution < -0.4 is 0 Å². The maximum atomic E-state index is 5.74. The molecule has 0 amide bonds. The summed E-state index contributed by atoms with van der Waals surface area (Å²) in [5.41, 5.74) is 0. The molecule has 0 heterocycles. The predicted octanol–water partition coefficient (Wildman–Crippen LogP) is 4.07. The van der Waals surface area contributed by atoms with Crippen molar-refractivity contribution in [3.8, 4) is 12.8 Å². The average molecular weight is 124 g/mol. The molecule has 0 heteroatoms. The van der Waals surface area contributed by atoms with Crippen LogP contribution in [0.25, 0.3) is 0 Å². The second-order valence-corrected chi connectivity index (χ2v) is 0. The quantitative estimate of drug-likeness (QED) is 0.427. The van der Waals surface area contributed by atoms with Crippen LogP contribution in [-0.2, 0) is 0 Å². The van der Waals surface area contributed by atoms with E-state index in [4.69, 9.17) is 1.37 Å². The van der Waals surface area contributed by atoms with E-state index in [1.165, 1.54) is 6.40 Å². The molecule has 0 aromatic carbocycles. The van der Waals surface area contributed by atoms with Crippen LogP contribution in [0.4, 0.5) is 0 Å². The minimum Gasteiger partial charge on any atom is -0.124 e. The van der Waals surface area contributed by atoms with E-state index in [1.807, 2.05) is 0 Å². The van der Waals surface area contributed by atoms with Gasteiger partial charge in [-0.1, -0.05) is 44.6 Å². The molecule has 0 spiro atoms. The lowest BCUT2D eigenvalue weighted by Crippen LogP contribution is -0.576. The third-order valence-corrected chi connectivity index (χ3v) is 0. The van der Waals surface area contributed by atoms with Crippen LogP contribution in [0.1, 0.15) is 45.9 Å². The fourth-order valence-electron chi connectivity index (χ4n) is 0. The minimum absolute atomic E-state index is 0. The molecular weight excluding hydrogens is 96.1 g/mol. The van der Waals surface area contributed by atoms with Gasteiger partial charge in [0.15, 0.2) is 0 Å². The zero-order valence-corrected chi connectivity index (χ0v) is 1.08. The Morgan fingerprint density at radius 3 is 0.750 bits per heavy atom. The zero-order valence-electron chi connectivity index (χ0n) is 2.08. The number of rotatable bonds is 0. The molecule has 0 rings (SSSR count). The summed E-state index contributed by atoms with van der Waals surface area (Å²) in [5.74, 6) is 0. The molecule has 0 fully saturated rings. The first-order chi connectivity index (χ1) is 1.41. The summed E-state index contributed by atoms with van der Waals surface area (Å²) in [6, 6.07) is 0. The monoisotopic (exact) mass is 124 g/mol. The summed E-state index contributed by atoms with van der Waals surface area (Å²) in [7, 11) is 0. The topological polar surface area (TPSA) is 0 Å². The number of hydrogen-bond acceptors (Lipinski definition) is 0. The number of hydrogen-bond donors (Lipinski definition) is 0. The van der Waals surface area contributed by atoms with Crippen molar-refractivity contribution in [2.45, 2.75) is 44.6 Å². The number of terminal acetylenes is 1. The maximum Gasteiger partial charge on any atom is 0.124 e. The highest BCUT2D eigenvalue weighted by Crippen LogP contribution is 0.579. The van der Waals surface area contributed by atoms with Crippen LogP contribution in [0.5, 0.6) is 0 Å². The lowest BCUT2D eigenvalue weighted by molar-refractivity contribution is 2.50. The third kappa shape index (κ3) is 597. The van der Waals surface area contributed by atoms with E-state index < -0.39 is 0 Å². The Balaban J connectivity index is -0.00000000133. The van der Waals surface area contributed by atoms with Crippen molar-refractivity contribution in [1.82, 2.24) is 0 Å². The van der Waals surface area contributed by atoms with E-state index >= 15 is 0 Å². The van der Waals surface area contributed by atoms with Crippen molar-refractivity contribution in [1.29, 1.82) is 0 Å². The molecular formula is C8H26. The first-order valence-electron chi connectivity index (χ1n) is 0.789. The molecule has 0 N–H and O–H groups in total. The summed E-state index contributed by atoms with van der Waals surface area (Å²) in [6.07, 6.45) is 5.76. The lowest BCUT2D eigenvalue weighted by Gasteiger charge is -0.701. The molecule has 0 radical (unpaired) electrons. The van der Waals surface area contributed by atoms with Gasteiger partial charge in [-0.2, -0.15) is 0 Å². The molecule has 0 aromatic heterocycles. The Morgan fingerprint density at radius 2 is 0.750 bits per heavy atom. The van der Waals surface area contributed by atoms with E-state index in [2.05, 4.69) is 6.42 Å². The standard InChI is InChI=1S/C2H2.6CH4/c1-2;;;;;;/h1-2H;6*1H4/i1T;;;;;;. The highest BCUT2D eigenvalue weighted by molar-refractivity contribution is 4.47. The molecule has 0 nitrogen and oxygen atoms in total. The Hall–Kier alpha value is -0.440. The van der Waals surface area contributed by atoms with Crippen LogP contribution >= 0.6 is 0 Å². The van der Waals surface area contributed by atoms with Gasteiger partial charge in [-0.3, -0.25) is 0 Å². The van der Waals surface area contributed by atoms with E-state index in [9.17, 15) is 0 Å². The molecule has 0 aliphatic carbocycles. The largest absolute Gasteiger partial charge is 0.124 e. The third-order valence-electron chi connectivity index (χ3n) is 0. The fraction of sp³-hybridized carbons (Fsp3) is 0.750. The van der Waals surface area contributed by atoms with Crippen molar-refractivity contribution < 1.29 is 1.37 Å². The Morgan fingerprint density at radius 1 is 0.750 bits per heavy atom. The molecule has 0 unspecified atom stereocenters. The van der Waals surface area contributed by atoms with Crippen LogP contribution in [0.15, 0.2) is 0 Å². The van der Waals surface area contributed by atoms with Gasteiger partial charge in [0.1, 0.15) is 1.37 Å².